The number of nitrogens with one attached hydrogen (secondary N) is 2. The van der Waals surface area contributed by atoms with E-state index >= 15 is 0 Å². The van der Waals surface area contributed by atoms with Gasteiger partial charge in [0.15, 0.2) is 5.43 Å². The zero-order chi connectivity index (χ0) is 37.8. The number of phenols is 1. The Balaban J connectivity index is 1.08. The molecule has 1 amide bonds. The fourth-order valence-corrected chi connectivity index (χ4v) is 6.43. The van der Waals surface area contributed by atoms with Crippen LogP contribution in [-0.2, 0) is 13.1 Å². The first-order valence-electron chi connectivity index (χ1n) is 17.4. The average molecular weight is 720 g/mol. The number of aromatic hydroxyl groups is 1. The number of aromatic nitrogens is 2. The standard InChI is InChI=1S/C43H37N5O6/c1-26-19-35-39(22-37(26)49)54-40-23-38(50)27(2)20-36(40)41(35)33-14-9-28(21-34(33)43(52)53)42(51)47-30-12-10-29(11-13-30)46-17-18-48(24-31-7-3-5-15-44-31)25-32-8-4-6-16-45-32/h3-16,19-23,46,49H,17-18,24-25H2,1-2H3,(H,47,51)(H,52,53). The van der Waals surface area contributed by atoms with Crippen LogP contribution in [0.1, 0.15) is 43.2 Å². The van der Waals surface area contributed by atoms with Crippen molar-refractivity contribution in [1.82, 2.24) is 14.9 Å². The Morgan fingerprint density at radius 2 is 1.46 bits per heavy atom. The molecule has 3 heterocycles. The number of aromatic carboxylic acids is 1. The highest BCUT2D eigenvalue weighted by molar-refractivity contribution is 6.11. The highest BCUT2D eigenvalue weighted by atomic mass is 16.4. The molecule has 2 aliphatic rings. The Bertz CT molecular complexity index is 2460. The molecule has 4 N–H and O–H groups in total. The van der Waals surface area contributed by atoms with Gasteiger partial charge in [0, 0.05) is 84.2 Å². The average Bonchev–Trinajstić information content (AvgIpc) is 3.16. The molecule has 54 heavy (non-hydrogen) atoms. The number of nitrogens with zero attached hydrogens (tertiary/aromatic N) is 3. The lowest BCUT2D eigenvalue weighted by Crippen LogP contribution is -2.29. The topological polar surface area (TPSA) is 158 Å². The van der Waals surface area contributed by atoms with Gasteiger partial charge in [-0.05, 0) is 103 Å². The molecule has 0 atom stereocenters. The molecule has 0 bridgehead atoms. The first-order valence-corrected chi connectivity index (χ1v) is 17.4. The van der Waals surface area contributed by atoms with Crippen LogP contribution in [0.4, 0.5) is 11.4 Å². The summed E-state index contributed by atoms with van der Waals surface area (Å²) >= 11 is 0. The van der Waals surface area contributed by atoms with Crippen LogP contribution in [0.25, 0.3) is 33.4 Å². The maximum atomic E-state index is 13.4. The first-order chi connectivity index (χ1) is 26.1. The maximum absolute atomic E-state index is 13.4. The Morgan fingerprint density at radius 1 is 0.778 bits per heavy atom. The van der Waals surface area contributed by atoms with Gasteiger partial charge in [-0.3, -0.25) is 24.5 Å². The summed E-state index contributed by atoms with van der Waals surface area (Å²) in [4.78, 5) is 49.9. The SMILES string of the molecule is Cc1cc2c(-c3ccc(C(=O)Nc4ccc(NCCN(Cc5ccccn5)Cc5ccccn5)cc4)cc3C(=O)O)c3cc(C)c(=O)cc-3oc2cc1O. The minimum atomic E-state index is -1.23. The molecule has 0 fully saturated rings. The molecule has 1 aliphatic carbocycles. The van der Waals surface area contributed by atoms with Crippen LogP contribution in [0.3, 0.4) is 0 Å². The van der Waals surface area contributed by atoms with Gasteiger partial charge in [-0.15, -0.1) is 0 Å². The van der Waals surface area contributed by atoms with E-state index in [1.165, 1.54) is 18.2 Å². The van der Waals surface area contributed by atoms with Crippen molar-refractivity contribution < 1.29 is 24.2 Å². The maximum Gasteiger partial charge on any atom is 0.336 e. The van der Waals surface area contributed by atoms with Crippen molar-refractivity contribution in [3.8, 4) is 28.2 Å². The minimum absolute atomic E-state index is 0.000142. The lowest BCUT2D eigenvalue weighted by molar-refractivity contribution is 0.0697. The molecule has 5 aromatic rings. The van der Waals surface area contributed by atoms with Crippen molar-refractivity contribution >= 4 is 34.2 Å². The van der Waals surface area contributed by atoms with Gasteiger partial charge in [-0.1, -0.05) is 18.2 Å². The van der Waals surface area contributed by atoms with Crippen molar-refractivity contribution in [2.75, 3.05) is 23.7 Å². The highest BCUT2D eigenvalue weighted by Gasteiger charge is 2.24. The largest absolute Gasteiger partial charge is 0.508 e. The summed E-state index contributed by atoms with van der Waals surface area (Å²) < 4.78 is 6.01. The number of carboxylic acids is 1. The Morgan fingerprint density at radius 3 is 2.11 bits per heavy atom. The van der Waals surface area contributed by atoms with Crippen LogP contribution in [0.15, 0.2) is 125 Å². The van der Waals surface area contributed by atoms with Crippen molar-refractivity contribution in [3.63, 3.8) is 0 Å². The van der Waals surface area contributed by atoms with Crippen molar-refractivity contribution in [2.45, 2.75) is 26.9 Å². The van der Waals surface area contributed by atoms with E-state index < -0.39 is 11.9 Å². The number of benzene rings is 4. The minimum Gasteiger partial charge on any atom is -0.508 e. The molecule has 0 radical (unpaired) electrons. The third-order valence-electron chi connectivity index (χ3n) is 9.24. The summed E-state index contributed by atoms with van der Waals surface area (Å²) in [5.74, 6) is -1.46. The molecule has 2 aromatic heterocycles. The van der Waals surface area contributed by atoms with E-state index in [1.807, 2.05) is 48.5 Å². The number of anilines is 2. The summed E-state index contributed by atoms with van der Waals surface area (Å²) in [5, 5.41) is 27.7. The normalized spacial score (nSPS) is 11.2. The van der Waals surface area contributed by atoms with E-state index in [4.69, 9.17) is 4.42 Å². The molecule has 0 saturated carbocycles. The van der Waals surface area contributed by atoms with Gasteiger partial charge < -0.3 is 25.3 Å². The van der Waals surface area contributed by atoms with Gasteiger partial charge in [0.25, 0.3) is 5.91 Å². The van der Waals surface area contributed by atoms with Gasteiger partial charge in [0.2, 0.25) is 0 Å². The highest BCUT2D eigenvalue weighted by Crippen LogP contribution is 2.43. The monoisotopic (exact) mass is 719 g/mol. The summed E-state index contributed by atoms with van der Waals surface area (Å²) in [6.07, 6.45) is 3.58. The number of amides is 1. The molecule has 11 nitrogen and oxygen atoms in total. The molecule has 1 aliphatic heterocycles. The molecule has 11 heteroatoms. The van der Waals surface area contributed by atoms with Crippen molar-refractivity contribution in [2.24, 2.45) is 0 Å². The quantitative estimate of drug-likeness (QED) is 0.0921. The number of pyridine rings is 2. The number of carbonyl (C=O) groups is 2. The smallest absolute Gasteiger partial charge is 0.336 e. The van der Waals surface area contributed by atoms with Gasteiger partial charge >= 0.3 is 5.97 Å². The molecule has 0 saturated heterocycles. The van der Waals surface area contributed by atoms with E-state index in [2.05, 4.69) is 25.5 Å². The molecular formula is C43H37N5O6. The summed E-state index contributed by atoms with van der Waals surface area (Å²) in [6.45, 7) is 6.15. The van der Waals surface area contributed by atoms with E-state index in [9.17, 15) is 24.6 Å². The summed E-state index contributed by atoms with van der Waals surface area (Å²) in [5.41, 5.74) is 5.87. The van der Waals surface area contributed by atoms with E-state index in [1.54, 1.807) is 62.6 Å². The summed E-state index contributed by atoms with van der Waals surface area (Å²) in [7, 11) is 0. The predicted molar refractivity (Wildman–Crippen MR) is 208 cm³/mol. The first kappa shape index (κ1) is 35.5. The van der Waals surface area contributed by atoms with Crippen molar-refractivity contribution in [3.05, 3.63) is 159 Å². The molecular weight excluding hydrogens is 683 g/mol. The van der Waals surface area contributed by atoms with Crippen LogP contribution >= 0.6 is 0 Å². The van der Waals surface area contributed by atoms with Gasteiger partial charge in [0.1, 0.15) is 17.1 Å². The Labute approximate surface area is 310 Å². The van der Waals surface area contributed by atoms with Crippen molar-refractivity contribution in [1.29, 1.82) is 0 Å². The zero-order valence-electron chi connectivity index (χ0n) is 29.7. The second-order valence-corrected chi connectivity index (χ2v) is 13.1. The number of fused-ring (bicyclic) bond motifs is 2. The van der Waals surface area contributed by atoms with Gasteiger partial charge in [-0.25, -0.2) is 4.79 Å². The zero-order valence-corrected chi connectivity index (χ0v) is 29.7. The van der Waals surface area contributed by atoms with Gasteiger partial charge in [0.05, 0.1) is 17.0 Å². The number of carboxylic acid groups (broad SMARTS) is 1. The Hall–Kier alpha value is -6.85. The fourth-order valence-electron chi connectivity index (χ4n) is 6.43. The van der Waals surface area contributed by atoms with E-state index in [0.717, 1.165) is 23.6 Å². The van der Waals surface area contributed by atoms with Crippen LogP contribution in [0.2, 0.25) is 0 Å². The second kappa shape index (κ2) is 15.4. The van der Waals surface area contributed by atoms with E-state index in [0.29, 0.717) is 58.5 Å². The fraction of sp³-hybridized carbons (Fsp3) is 0.140. The number of hydrogen-bond acceptors (Lipinski definition) is 9. The molecule has 3 aromatic carbocycles. The third kappa shape index (κ3) is 7.81. The van der Waals surface area contributed by atoms with Crippen LogP contribution in [-0.4, -0.2) is 50.0 Å². The van der Waals surface area contributed by atoms with Gasteiger partial charge in [-0.2, -0.15) is 0 Å². The number of phenolic OH excluding ortho intramolecular Hbond substituents is 1. The summed E-state index contributed by atoms with van der Waals surface area (Å²) in [6, 6.07) is 29.8. The molecule has 0 unspecified atom stereocenters. The third-order valence-corrected chi connectivity index (χ3v) is 9.24. The van der Waals surface area contributed by atoms with E-state index in [-0.39, 0.29) is 33.6 Å². The van der Waals surface area contributed by atoms with Crippen LogP contribution < -0.4 is 16.1 Å². The Kier molecular flexibility index (Phi) is 10.1. The number of rotatable bonds is 12. The second-order valence-electron chi connectivity index (χ2n) is 13.1. The molecule has 7 rings (SSSR count). The number of hydrogen-bond donors (Lipinski definition) is 4. The van der Waals surface area contributed by atoms with Crippen LogP contribution in [0.5, 0.6) is 5.75 Å². The van der Waals surface area contributed by atoms with Crippen LogP contribution in [0, 0.1) is 13.8 Å². The number of aryl methyl sites for hydroxylation is 2. The molecule has 0 spiro atoms. The predicted octanol–water partition coefficient (Wildman–Crippen LogP) is 7.74. The lowest BCUT2D eigenvalue weighted by atomic mass is 9.88. The lowest BCUT2D eigenvalue weighted by Gasteiger charge is -2.22. The number of carbonyl (C=O) groups excluding carboxylic acids is 1. The molecule has 270 valence electrons.